The molecule has 4 heteroatoms. The van der Waals surface area contributed by atoms with E-state index >= 15 is 0 Å². The summed E-state index contributed by atoms with van der Waals surface area (Å²) in [7, 11) is 0. The van der Waals surface area contributed by atoms with Crippen LogP contribution in [0, 0.1) is 0 Å². The van der Waals surface area contributed by atoms with Crippen molar-refractivity contribution in [3.05, 3.63) is 133 Å². The summed E-state index contributed by atoms with van der Waals surface area (Å²) in [6.07, 6.45) is 0. The Morgan fingerprint density at radius 1 is 0.385 bits per heavy atom. The molecule has 0 saturated heterocycles. The van der Waals surface area contributed by atoms with E-state index in [9.17, 15) is 0 Å². The van der Waals surface area contributed by atoms with Crippen molar-refractivity contribution >= 4 is 32.6 Å². The van der Waals surface area contributed by atoms with E-state index in [4.69, 9.17) is 15.0 Å². The average molecular weight is 499 g/mol. The first-order valence-corrected chi connectivity index (χ1v) is 13.1. The third kappa shape index (κ3) is 3.50. The molecular formula is C35H22N4. The molecule has 8 rings (SSSR count). The fraction of sp³-hybridized carbons (Fsp3) is 0. The Hall–Kier alpha value is -5.35. The van der Waals surface area contributed by atoms with Crippen molar-refractivity contribution in [2.75, 3.05) is 0 Å². The van der Waals surface area contributed by atoms with Crippen LogP contribution in [0.2, 0.25) is 0 Å². The van der Waals surface area contributed by atoms with Gasteiger partial charge in [-0.2, -0.15) is 9.97 Å². The second-order valence-corrected chi connectivity index (χ2v) is 9.75. The maximum atomic E-state index is 5.07. The fourth-order valence-corrected chi connectivity index (χ4v) is 5.60. The van der Waals surface area contributed by atoms with Gasteiger partial charge in [-0.1, -0.05) is 115 Å². The van der Waals surface area contributed by atoms with E-state index in [1.54, 1.807) is 0 Å². The molecular weight excluding hydrogens is 476 g/mol. The third-order valence-electron chi connectivity index (χ3n) is 7.39. The van der Waals surface area contributed by atoms with E-state index in [1.807, 2.05) is 60.7 Å². The molecule has 0 unspecified atom stereocenters. The second kappa shape index (κ2) is 8.61. The van der Waals surface area contributed by atoms with Crippen molar-refractivity contribution < 1.29 is 0 Å². The topological polar surface area (TPSA) is 43.6 Å². The van der Waals surface area contributed by atoms with Gasteiger partial charge < -0.3 is 0 Å². The molecule has 39 heavy (non-hydrogen) atoms. The molecule has 0 bridgehead atoms. The standard InChI is InChI=1S/C35H22N4/c1-4-11-23(12-5-1)28-21-27-20-19-24-17-10-18-29-31(24)32(27)30(22-28)39(29)35-37-33(25-13-6-2-7-14-25)36-34(38-35)26-15-8-3-9-16-26/h1-22H. The number of aromatic nitrogens is 4. The van der Waals surface area contributed by atoms with E-state index in [2.05, 4.69) is 77.4 Å². The Bertz CT molecular complexity index is 2040. The molecule has 0 radical (unpaired) electrons. The predicted molar refractivity (Wildman–Crippen MR) is 159 cm³/mol. The summed E-state index contributed by atoms with van der Waals surface area (Å²) in [5.41, 5.74) is 6.42. The highest BCUT2D eigenvalue weighted by molar-refractivity contribution is 6.24. The fourth-order valence-electron chi connectivity index (χ4n) is 5.60. The highest BCUT2D eigenvalue weighted by atomic mass is 15.2. The number of nitrogens with zero attached hydrogens (tertiary/aromatic N) is 4. The largest absolute Gasteiger partial charge is 0.278 e. The van der Waals surface area contributed by atoms with Crippen molar-refractivity contribution in [3.8, 4) is 39.9 Å². The van der Waals surface area contributed by atoms with Crippen LogP contribution in [0.3, 0.4) is 0 Å². The molecule has 4 nitrogen and oxygen atoms in total. The lowest BCUT2D eigenvalue weighted by Crippen LogP contribution is -2.06. The van der Waals surface area contributed by atoms with Crippen LogP contribution in [0.5, 0.6) is 0 Å². The highest BCUT2D eigenvalue weighted by Crippen LogP contribution is 2.40. The maximum absolute atomic E-state index is 5.07. The monoisotopic (exact) mass is 498 g/mol. The Kier molecular flexibility index (Phi) is 4.79. The van der Waals surface area contributed by atoms with Gasteiger partial charge in [-0.15, -0.1) is 0 Å². The van der Waals surface area contributed by atoms with Crippen molar-refractivity contribution in [2.24, 2.45) is 0 Å². The van der Waals surface area contributed by atoms with Gasteiger partial charge in [0.2, 0.25) is 5.95 Å². The minimum Gasteiger partial charge on any atom is -0.278 e. The SMILES string of the molecule is c1ccc(-c2cc3ccc4cccc5c4c3c(c2)n5-c2nc(-c3ccccc3)nc(-c3ccccc3)n2)cc1. The minimum absolute atomic E-state index is 0.609. The Morgan fingerprint density at radius 2 is 0.949 bits per heavy atom. The van der Waals surface area contributed by atoms with Crippen molar-refractivity contribution in [2.45, 2.75) is 0 Å². The zero-order valence-electron chi connectivity index (χ0n) is 21.0. The molecule has 0 saturated carbocycles. The van der Waals surface area contributed by atoms with Gasteiger partial charge in [0.15, 0.2) is 11.6 Å². The summed E-state index contributed by atoms with van der Waals surface area (Å²) in [5, 5.41) is 4.87. The van der Waals surface area contributed by atoms with Crippen LogP contribution in [-0.2, 0) is 0 Å². The van der Waals surface area contributed by atoms with E-state index in [-0.39, 0.29) is 0 Å². The quantitative estimate of drug-likeness (QED) is 0.228. The Labute approximate surface area is 225 Å². The lowest BCUT2D eigenvalue weighted by Gasteiger charge is -2.11. The van der Waals surface area contributed by atoms with Gasteiger partial charge in [-0.05, 0) is 40.1 Å². The van der Waals surface area contributed by atoms with E-state index in [0.29, 0.717) is 17.6 Å². The lowest BCUT2D eigenvalue weighted by molar-refractivity contribution is 0.954. The molecule has 0 atom stereocenters. The molecule has 182 valence electrons. The number of hydrogen-bond acceptors (Lipinski definition) is 3. The van der Waals surface area contributed by atoms with Crippen LogP contribution in [0.25, 0.3) is 72.4 Å². The molecule has 0 amide bonds. The van der Waals surface area contributed by atoms with Crippen LogP contribution in [0.4, 0.5) is 0 Å². The van der Waals surface area contributed by atoms with E-state index < -0.39 is 0 Å². The van der Waals surface area contributed by atoms with E-state index in [0.717, 1.165) is 27.7 Å². The minimum atomic E-state index is 0.609. The summed E-state index contributed by atoms with van der Waals surface area (Å²) in [6, 6.07) is 46.2. The Balaban J connectivity index is 1.49. The average Bonchev–Trinajstić information content (AvgIpc) is 3.36. The van der Waals surface area contributed by atoms with Gasteiger partial charge in [-0.25, -0.2) is 4.98 Å². The number of benzene rings is 6. The molecule has 0 aliphatic heterocycles. The van der Waals surface area contributed by atoms with Crippen molar-refractivity contribution in [3.63, 3.8) is 0 Å². The first-order valence-electron chi connectivity index (χ1n) is 13.1. The van der Waals surface area contributed by atoms with E-state index in [1.165, 1.54) is 27.1 Å². The smallest absolute Gasteiger partial charge is 0.238 e. The van der Waals surface area contributed by atoms with Crippen LogP contribution >= 0.6 is 0 Å². The van der Waals surface area contributed by atoms with Gasteiger partial charge in [0.1, 0.15) is 0 Å². The Morgan fingerprint density at radius 3 is 1.59 bits per heavy atom. The summed E-state index contributed by atoms with van der Waals surface area (Å²) in [5.74, 6) is 1.91. The normalized spacial score (nSPS) is 11.6. The molecule has 6 aromatic carbocycles. The van der Waals surface area contributed by atoms with Crippen LogP contribution < -0.4 is 0 Å². The maximum Gasteiger partial charge on any atom is 0.238 e. The van der Waals surface area contributed by atoms with Gasteiger partial charge in [0.05, 0.1) is 11.0 Å². The first kappa shape index (κ1) is 21.7. The second-order valence-electron chi connectivity index (χ2n) is 9.75. The number of rotatable bonds is 4. The molecule has 2 heterocycles. The molecule has 0 N–H and O–H groups in total. The molecule has 8 aromatic rings. The number of hydrogen-bond donors (Lipinski definition) is 0. The zero-order valence-corrected chi connectivity index (χ0v) is 21.0. The molecule has 2 aromatic heterocycles. The van der Waals surface area contributed by atoms with Crippen LogP contribution in [0.15, 0.2) is 133 Å². The predicted octanol–water partition coefficient (Wildman–Crippen LogP) is 8.56. The lowest BCUT2D eigenvalue weighted by atomic mass is 9.97. The van der Waals surface area contributed by atoms with Crippen molar-refractivity contribution in [1.29, 1.82) is 0 Å². The van der Waals surface area contributed by atoms with Crippen LogP contribution in [-0.4, -0.2) is 19.5 Å². The van der Waals surface area contributed by atoms with Gasteiger partial charge in [-0.3, -0.25) is 4.57 Å². The van der Waals surface area contributed by atoms with Gasteiger partial charge in [0, 0.05) is 21.9 Å². The molecule has 0 fully saturated rings. The van der Waals surface area contributed by atoms with Crippen LogP contribution in [0.1, 0.15) is 0 Å². The summed E-state index contributed by atoms with van der Waals surface area (Å²) < 4.78 is 2.21. The summed E-state index contributed by atoms with van der Waals surface area (Å²) in [4.78, 5) is 15.1. The summed E-state index contributed by atoms with van der Waals surface area (Å²) in [6.45, 7) is 0. The summed E-state index contributed by atoms with van der Waals surface area (Å²) >= 11 is 0. The molecule has 0 spiro atoms. The van der Waals surface area contributed by atoms with Gasteiger partial charge in [0.25, 0.3) is 0 Å². The van der Waals surface area contributed by atoms with Crippen molar-refractivity contribution in [1.82, 2.24) is 19.5 Å². The highest BCUT2D eigenvalue weighted by Gasteiger charge is 2.21. The first-order chi connectivity index (χ1) is 19.3. The van der Waals surface area contributed by atoms with Gasteiger partial charge >= 0.3 is 0 Å². The molecule has 0 aliphatic carbocycles. The zero-order chi connectivity index (χ0) is 25.8. The molecule has 0 aliphatic rings. The third-order valence-corrected chi connectivity index (χ3v) is 7.39.